The molecule has 0 atom stereocenters. The Bertz CT molecular complexity index is 2850. The van der Waals surface area contributed by atoms with E-state index in [9.17, 15) is 27.2 Å². The Balaban J connectivity index is 0.000000162. The fraction of sp³-hybridized carbons (Fsp3) is 0.163. The van der Waals surface area contributed by atoms with Crippen molar-refractivity contribution in [2.24, 2.45) is 0 Å². The smallest absolute Gasteiger partial charge is 0.300 e. The van der Waals surface area contributed by atoms with E-state index in [0.717, 1.165) is 40.0 Å². The van der Waals surface area contributed by atoms with E-state index in [1.807, 2.05) is 24.3 Å². The van der Waals surface area contributed by atoms with Crippen LogP contribution in [-0.4, -0.2) is 102 Å². The number of aromatic nitrogens is 4. The van der Waals surface area contributed by atoms with E-state index >= 15 is 0 Å². The Labute approximate surface area is 389 Å². The standard InChI is InChI=1S/C18H9BrClF2N3.C17H7BrClF2NO2.C6H12N4.C2H4O2.H3N/c19-11-4-10-3-9(1-2-16(10)23-7-11)17-18(25-8-24-17)12-5-13(20)15(22)6-14(12)21;18-10-4-9-3-8(1-2-15(9)22-7-10)16(23)17(24)11-5-12(19)14(21)6-13(11)20;1-7-2-9-4-8(1)5-10(3-7)6-9;1-2(3)4;/h1-8H,(H,24,25);1-7H;1-6H2;1H3,(H,3,4);1H3. The maximum absolute atomic E-state index is 14.2. The lowest BCUT2D eigenvalue weighted by molar-refractivity contribution is -0.194. The summed E-state index contributed by atoms with van der Waals surface area (Å²) < 4.78 is 56.2. The average Bonchev–Trinajstić information content (AvgIpc) is 3.72. The zero-order valence-electron chi connectivity index (χ0n) is 33.4. The number of carbonyl (C=O) groups is 3. The van der Waals surface area contributed by atoms with Crippen LogP contribution in [0.2, 0.25) is 10.0 Å². The van der Waals surface area contributed by atoms with Crippen LogP contribution in [0.3, 0.4) is 0 Å². The van der Waals surface area contributed by atoms with Crippen LogP contribution in [0.1, 0.15) is 27.6 Å². The summed E-state index contributed by atoms with van der Waals surface area (Å²) in [6.07, 6.45) is 4.79. The molecule has 7 heterocycles. The third kappa shape index (κ3) is 11.3. The monoisotopic (exact) mass is 1050 g/mol. The molecule has 0 radical (unpaired) electrons. The van der Waals surface area contributed by atoms with Crippen molar-refractivity contribution >= 4 is 94.4 Å². The SMILES string of the molecule is C1N2CN3CN1CN(C2)C3.CC(=O)O.Fc1cc(F)c(-c2[nH]cnc2-c2ccc3ncc(Br)cc3c2)cc1Cl.N.O=C(C(=O)c1cc(Cl)c(F)cc1F)c1ccc2ncc(Br)cc2c1. The Kier molecular flexibility index (Phi) is 15.6. The number of Topliss-reactive ketones (excluding diaryl/α,β-unsaturated/α-hetero) is 2. The van der Waals surface area contributed by atoms with Crippen LogP contribution in [-0.2, 0) is 4.79 Å². The number of aliphatic carboxylic acids is 1. The number of halogens is 8. The van der Waals surface area contributed by atoms with Gasteiger partial charge in [-0.3, -0.25) is 44.0 Å². The number of carboxylic acids is 1. The average molecular weight is 1050 g/mol. The highest BCUT2D eigenvalue weighted by molar-refractivity contribution is 9.10. The van der Waals surface area contributed by atoms with Crippen LogP contribution in [0.25, 0.3) is 44.3 Å². The first kappa shape index (κ1) is 48.2. The summed E-state index contributed by atoms with van der Waals surface area (Å²) >= 11 is 18.0. The largest absolute Gasteiger partial charge is 0.481 e. The van der Waals surface area contributed by atoms with Crippen molar-refractivity contribution in [2.45, 2.75) is 6.92 Å². The number of ketones is 2. The first-order chi connectivity index (χ1) is 30.0. The highest BCUT2D eigenvalue weighted by Crippen LogP contribution is 2.35. The van der Waals surface area contributed by atoms with E-state index in [1.165, 1.54) is 64.5 Å². The number of nitrogens with one attached hydrogen (secondary N) is 1. The molecule has 11 rings (SSSR count). The quantitative estimate of drug-likeness (QED) is 0.0645. The molecule has 7 aromatic rings. The molecule has 3 aromatic heterocycles. The summed E-state index contributed by atoms with van der Waals surface area (Å²) in [6, 6.07) is 17.1. The van der Waals surface area contributed by atoms with Crippen molar-refractivity contribution in [1.82, 2.24) is 45.7 Å². The van der Waals surface area contributed by atoms with Crippen molar-refractivity contribution in [3.63, 3.8) is 0 Å². The third-order valence-electron chi connectivity index (χ3n) is 9.61. The van der Waals surface area contributed by atoms with Gasteiger partial charge in [0.2, 0.25) is 11.6 Å². The number of hydrogen-bond acceptors (Lipinski definition) is 11. The van der Waals surface area contributed by atoms with Crippen molar-refractivity contribution in [3.8, 4) is 22.5 Å². The van der Waals surface area contributed by atoms with Gasteiger partial charge in [-0.25, -0.2) is 22.5 Å². The number of aromatic amines is 1. The number of benzene rings is 4. The zero-order chi connectivity index (χ0) is 45.1. The number of hydrogen-bond donors (Lipinski definition) is 3. The van der Waals surface area contributed by atoms with E-state index in [0.29, 0.717) is 32.8 Å². The summed E-state index contributed by atoms with van der Waals surface area (Å²) in [4.78, 5) is 59.1. The van der Waals surface area contributed by atoms with Gasteiger partial charge in [0.1, 0.15) is 23.3 Å². The number of rotatable bonds is 5. The van der Waals surface area contributed by atoms with Gasteiger partial charge < -0.3 is 16.2 Å². The molecule has 0 aliphatic carbocycles. The molecule has 13 nitrogen and oxygen atoms in total. The van der Waals surface area contributed by atoms with Crippen LogP contribution in [0.15, 0.2) is 100 Å². The topological polar surface area (TPSA) is 174 Å². The van der Waals surface area contributed by atoms with E-state index in [2.05, 4.69) is 71.4 Å². The number of nitrogens with zero attached hydrogens (tertiary/aromatic N) is 7. The molecule has 0 saturated carbocycles. The van der Waals surface area contributed by atoms with Gasteiger partial charge in [-0.05, 0) is 86.5 Å². The van der Waals surface area contributed by atoms with Crippen LogP contribution < -0.4 is 6.15 Å². The predicted octanol–water partition coefficient (Wildman–Crippen LogP) is 10.2. The van der Waals surface area contributed by atoms with E-state index in [-0.39, 0.29) is 22.3 Å². The molecule has 0 spiro atoms. The highest BCUT2D eigenvalue weighted by Gasteiger charge is 2.36. The van der Waals surface area contributed by atoms with Crippen LogP contribution in [0, 0.1) is 23.3 Å². The molecule has 332 valence electrons. The van der Waals surface area contributed by atoms with E-state index < -0.39 is 51.4 Å². The van der Waals surface area contributed by atoms with Crippen molar-refractivity contribution in [3.05, 3.63) is 145 Å². The second-order valence-electron chi connectivity index (χ2n) is 14.4. The molecule has 4 aliphatic rings. The molecule has 4 bridgehead atoms. The third-order valence-corrected chi connectivity index (χ3v) is 11.1. The number of pyridine rings is 2. The summed E-state index contributed by atoms with van der Waals surface area (Å²) in [5.41, 5.74) is 2.89. The zero-order valence-corrected chi connectivity index (χ0v) is 38.1. The lowest BCUT2D eigenvalue weighted by Crippen LogP contribution is -2.71. The van der Waals surface area contributed by atoms with Crippen LogP contribution >= 0.6 is 55.1 Å². The minimum atomic E-state index is -1.14. The predicted molar refractivity (Wildman–Crippen MR) is 242 cm³/mol. The lowest BCUT2D eigenvalue weighted by atomic mass is 9.99. The second-order valence-corrected chi connectivity index (χ2v) is 17.1. The molecular weight excluding hydrogens is 1010 g/mol. The van der Waals surface area contributed by atoms with Gasteiger partial charge in [-0.2, -0.15) is 0 Å². The summed E-state index contributed by atoms with van der Waals surface area (Å²) in [5, 5.41) is 8.39. The number of carboxylic acid groups (broad SMARTS) is 1. The molecule has 64 heavy (non-hydrogen) atoms. The van der Waals surface area contributed by atoms with Crippen molar-refractivity contribution < 1.29 is 37.1 Å². The van der Waals surface area contributed by atoms with Crippen LogP contribution in [0.5, 0.6) is 0 Å². The number of carbonyl (C=O) groups excluding carboxylic acids is 2. The van der Waals surface area contributed by atoms with E-state index in [1.54, 1.807) is 24.5 Å². The Hall–Kier alpha value is -5.22. The molecule has 4 aliphatic heterocycles. The second kappa shape index (κ2) is 20.7. The summed E-state index contributed by atoms with van der Waals surface area (Å²) in [6.45, 7) is 8.21. The van der Waals surface area contributed by atoms with E-state index in [4.69, 9.17) is 33.1 Å². The van der Waals surface area contributed by atoms with Gasteiger partial charge in [-0.15, -0.1) is 0 Å². The minimum absolute atomic E-state index is 0. The van der Waals surface area contributed by atoms with Gasteiger partial charge >= 0.3 is 0 Å². The highest BCUT2D eigenvalue weighted by atomic mass is 79.9. The molecule has 0 amide bonds. The molecule has 5 N–H and O–H groups in total. The molecule has 4 aromatic carbocycles. The van der Waals surface area contributed by atoms with Gasteiger partial charge in [-0.1, -0.05) is 29.3 Å². The number of imidazole rings is 1. The lowest BCUT2D eigenvalue weighted by Gasteiger charge is -2.56. The minimum Gasteiger partial charge on any atom is -0.481 e. The summed E-state index contributed by atoms with van der Waals surface area (Å²) in [7, 11) is 0. The maximum Gasteiger partial charge on any atom is 0.300 e. The fourth-order valence-corrected chi connectivity index (χ4v) is 8.14. The van der Waals surface area contributed by atoms with Gasteiger partial charge in [0.15, 0.2) is 0 Å². The Morgan fingerprint density at radius 2 is 1.12 bits per heavy atom. The molecule has 21 heteroatoms. The van der Waals surface area contributed by atoms with Gasteiger partial charge in [0.25, 0.3) is 5.97 Å². The van der Waals surface area contributed by atoms with Crippen LogP contribution in [0.4, 0.5) is 17.6 Å². The Morgan fingerprint density at radius 3 is 1.67 bits per heavy atom. The molecular formula is C43H35Br2Cl2F4N9O4. The number of fused-ring (bicyclic) bond motifs is 2. The van der Waals surface area contributed by atoms with Gasteiger partial charge in [0.05, 0.1) is 84.4 Å². The van der Waals surface area contributed by atoms with Crippen molar-refractivity contribution in [2.75, 3.05) is 40.0 Å². The molecule has 4 fully saturated rings. The normalized spacial score (nSPS) is 17.8. The van der Waals surface area contributed by atoms with Crippen molar-refractivity contribution in [1.29, 1.82) is 0 Å². The summed E-state index contributed by atoms with van der Waals surface area (Å²) in [5.74, 6) is -6.50. The first-order valence-corrected chi connectivity index (χ1v) is 21.0. The molecule has 0 unspecified atom stereocenters. The maximum atomic E-state index is 14.2. The first-order valence-electron chi connectivity index (χ1n) is 18.6. The fourth-order valence-electron chi connectivity index (χ4n) is 7.11. The number of H-pyrrole nitrogens is 1. The molecule has 4 saturated heterocycles. The Morgan fingerprint density at radius 1 is 0.641 bits per heavy atom. The van der Waals surface area contributed by atoms with Gasteiger partial charge in [0, 0.05) is 67.9 Å².